The predicted octanol–water partition coefficient (Wildman–Crippen LogP) is 4.24. The lowest BCUT2D eigenvalue weighted by Gasteiger charge is -2.02. The monoisotopic (exact) mass is 278 g/mol. The third kappa shape index (κ3) is 2.17. The smallest absolute Gasteiger partial charge is 0.0649 e. The van der Waals surface area contributed by atoms with Crippen molar-refractivity contribution < 1.29 is 0 Å². The lowest BCUT2D eigenvalue weighted by atomic mass is 10.1. The highest BCUT2D eigenvalue weighted by Gasteiger charge is 2.01. The van der Waals surface area contributed by atoms with Crippen LogP contribution in [0, 0.1) is 11.8 Å². The van der Waals surface area contributed by atoms with Gasteiger partial charge in [0.2, 0.25) is 0 Å². The van der Waals surface area contributed by atoms with E-state index >= 15 is 0 Å². The predicted molar refractivity (Wildman–Crippen MR) is 69.6 cm³/mol. The third-order valence-corrected chi connectivity index (χ3v) is 2.74. The van der Waals surface area contributed by atoms with E-state index in [0.717, 1.165) is 21.4 Å². The number of alkyl halides is 1. The molecule has 0 unspecified atom stereocenters. The molecule has 0 spiro atoms. The Hall–Kier alpha value is -0.970. The van der Waals surface area contributed by atoms with Crippen LogP contribution in [0.5, 0.6) is 0 Å². The summed E-state index contributed by atoms with van der Waals surface area (Å²) in [4.78, 5) is 0. The molecule has 0 radical (unpaired) electrons. The summed E-state index contributed by atoms with van der Waals surface area (Å²) >= 11 is 9.44. The van der Waals surface area contributed by atoms with Crippen LogP contribution in [0.1, 0.15) is 5.56 Å². The molecule has 0 bridgehead atoms. The van der Waals surface area contributed by atoms with Gasteiger partial charge in [0.15, 0.2) is 0 Å². The van der Waals surface area contributed by atoms with E-state index in [2.05, 4.69) is 27.8 Å². The fraction of sp³-hybridized carbons (Fsp3) is 0.0769. The van der Waals surface area contributed by atoms with Crippen molar-refractivity contribution in [2.75, 3.05) is 5.33 Å². The summed E-state index contributed by atoms with van der Waals surface area (Å²) in [5, 5.41) is 3.60. The molecule has 2 heteroatoms. The van der Waals surface area contributed by atoms with Crippen molar-refractivity contribution >= 4 is 38.3 Å². The van der Waals surface area contributed by atoms with Gasteiger partial charge >= 0.3 is 0 Å². The van der Waals surface area contributed by atoms with Crippen LogP contribution in [0.25, 0.3) is 10.8 Å². The van der Waals surface area contributed by atoms with Crippen molar-refractivity contribution in [2.45, 2.75) is 0 Å². The largest absolute Gasteiger partial charge is 0.0863 e. The van der Waals surface area contributed by atoms with Crippen LogP contribution in [-0.2, 0) is 0 Å². The van der Waals surface area contributed by atoms with E-state index in [0.29, 0.717) is 5.33 Å². The Balaban J connectivity index is 2.74. The molecule has 0 saturated carbocycles. The average Bonchev–Trinajstić information content (AvgIpc) is 2.26. The van der Waals surface area contributed by atoms with Gasteiger partial charge in [-0.05, 0) is 17.5 Å². The van der Waals surface area contributed by atoms with Crippen molar-refractivity contribution in [2.24, 2.45) is 0 Å². The second-order valence-electron chi connectivity index (χ2n) is 3.08. The van der Waals surface area contributed by atoms with Gasteiger partial charge in [0.25, 0.3) is 0 Å². The van der Waals surface area contributed by atoms with Crippen molar-refractivity contribution in [3.63, 3.8) is 0 Å². The molecule has 0 aliphatic heterocycles. The molecule has 0 saturated heterocycles. The molecule has 0 aromatic heterocycles. The molecule has 0 N–H and O–H groups in total. The Morgan fingerprint density at radius 3 is 2.60 bits per heavy atom. The highest BCUT2D eigenvalue weighted by atomic mass is 79.9. The summed E-state index contributed by atoms with van der Waals surface area (Å²) in [5.74, 6) is 6.09. The Labute approximate surface area is 102 Å². The van der Waals surface area contributed by atoms with E-state index in [-0.39, 0.29) is 0 Å². The maximum Gasteiger partial charge on any atom is 0.0649 e. The highest BCUT2D eigenvalue weighted by molar-refractivity contribution is 9.09. The Kier molecular flexibility index (Phi) is 3.30. The molecule has 0 aliphatic carbocycles. The van der Waals surface area contributed by atoms with Gasteiger partial charge in [-0.3, -0.25) is 0 Å². The molecule has 0 fully saturated rings. The molecule has 2 rings (SSSR count). The van der Waals surface area contributed by atoms with Crippen molar-refractivity contribution in [3.05, 3.63) is 47.0 Å². The number of fused-ring (bicyclic) bond motifs is 1. The summed E-state index contributed by atoms with van der Waals surface area (Å²) in [7, 11) is 0. The van der Waals surface area contributed by atoms with Gasteiger partial charge in [-0.2, -0.15) is 0 Å². The van der Waals surface area contributed by atoms with E-state index < -0.39 is 0 Å². The maximum absolute atomic E-state index is 6.16. The van der Waals surface area contributed by atoms with Gasteiger partial charge in [0.1, 0.15) is 0 Å². The average molecular weight is 280 g/mol. The minimum atomic E-state index is 0.674. The number of hydrogen-bond acceptors (Lipinski definition) is 0. The quantitative estimate of drug-likeness (QED) is 0.500. The number of halogens is 2. The van der Waals surface area contributed by atoms with E-state index in [4.69, 9.17) is 11.6 Å². The fourth-order valence-corrected chi connectivity index (χ4v) is 1.95. The second kappa shape index (κ2) is 4.70. The van der Waals surface area contributed by atoms with Crippen molar-refractivity contribution in [1.82, 2.24) is 0 Å². The molecular weight excluding hydrogens is 271 g/mol. The van der Waals surface area contributed by atoms with Gasteiger partial charge in [-0.15, -0.1) is 0 Å². The standard InChI is InChI=1S/C13H8BrCl/c14-9-3-7-11-5-1-4-10-6-2-8-12(15)13(10)11/h1-2,4-6,8H,9H2. The second-order valence-corrected chi connectivity index (χ2v) is 4.05. The van der Waals surface area contributed by atoms with Gasteiger partial charge in [-0.1, -0.05) is 63.6 Å². The summed E-state index contributed by atoms with van der Waals surface area (Å²) in [5.41, 5.74) is 0.984. The van der Waals surface area contributed by atoms with Crippen LogP contribution in [0.2, 0.25) is 5.02 Å². The number of rotatable bonds is 0. The van der Waals surface area contributed by atoms with Gasteiger partial charge < -0.3 is 0 Å². The third-order valence-electron chi connectivity index (χ3n) is 2.14. The summed E-state index contributed by atoms with van der Waals surface area (Å²) in [6, 6.07) is 11.9. The lowest BCUT2D eigenvalue weighted by Crippen LogP contribution is -1.80. The Morgan fingerprint density at radius 1 is 1.13 bits per heavy atom. The Bertz CT molecular complexity index is 544. The normalized spacial score (nSPS) is 9.73. The summed E-state index contributed by atoms with van der Waals surface area (Å²) in [6.45, 7) is 0. The highest BCUT2D eigenvalue weighted by Crippen LogP contribution is 2.26. The first kappa shape index (κ1) is 10.5. The summed E-state index contributed by atoms with van der Waals surface area (Å²) < 4.78 is 0. The van der Waals surface area contributed by atoms with Crippen LogP contribution in [0.15, 0.2) is 36.4 Å². The van der Waals surface area contributed by atoms with Crippen LogP contribution >= 0.6 is 27.5 Å². The zero-order chi connectivity index (χ0) is 10.7. The topological polar surface area (TPSA) is 0 Å². The zero-order valence-electron chi connectivity index (χ0n) is 7.93. The Morgan fingerprint density at radius 2 is 1.87 bits per heavy atom. The van der Waals surface area contributed by atoms with Gasteiger partial charge in [0.05, 0.1) is 5.33 Å². The van der Waals surface area contributed by atoms with Crippen molar-refractivity contribution in [3.8, 4) is 11.8 Å². The molecule has 74 valence electrons. The first-order valence-corrected chi connectivity index (χ1v) is 6.05. The molecule has 0 atom stereocenters. The molecular formula is C13H8BrCl. The van der Waals surface area contributed by atoms with E-state index in [1.807, 2.05) is 36.4 Å². The van der Waals surface area contributed by atoms with Crippen LogP contribution in [0.4, 0.5) is 0 Å². The van der Waals surface area contributed by atoms with E-state index in [1.54, 1.807) is 0 Å². The minimum Gasteiger partial charge on any atom is -0.0863 e. The minimum absolute atomic E-state index is 0.674. The lowest BCUT2D eigenvalue weighted by molar-refractivity contribution is 1.70. The van der Waals surface area contributed by atoms with E-state index in [1.165, 1.54) is 0 Å². The molecule has 0 aliphatic rings. The van der Waals surface area contributed by atoms with Gasteiger partial charge in [-0.25, -0.2) is 0 Å². The molecule has 2 aromatic rings. The molecule has 0 heterocycles. The SMILES string of the molecule is Clc1cccc2cccc(C#CCBr)c12. The first-order chi connectivity index (χ1) is 7.33. The maximum atomic E-state index is 6.16. The molecule has 0 nitrogen and oxygen atoms in total. The molecule has 0 amide bonds. The zero-order valence-corrected chi connectivity index (χ0v) is 10.3. The molecule has 15 heavy (non-hydrogen) atoms. The van der Waals surface area contributed by atoms with Crippen molar-refractivity contribution in [1.29, 1.82) is 0 Å². The van der Waals surface area contributed by atoms with E-state index in [9.17, 15) is 0 Å². The number of hydrogen-bond donors (Lipinski definition) is 0. The van der Waals surface area contributed by atoms with Crippen LogP contribution < -0.4 is 0 Å². The number of benzene rings is 2. The van der Waals surface area contributed by atoms with Crippen LogP contribution in [-0.4, -0.2) is 5.33 Å². The summed E-state index contributed by atoms with van der Waals surface area (Å²) in [6.07, 6.45) is 0. The van der Waals surface area contributed by atoms with Gasteiger partial charge in [0, 0.05) is 16.0 Å². The first-order valence-electron chi connectivity index (χ1n) is 4.55. The fourth-order valence-electron chi connectivity index (χ4n) is 1.53. The molecule has 2 aromatic carbocycles. The van der Waals surface area contributed by atoms with Crippen LogP contribution in [0.3, 0.4) is 0 Å².